The third kappa shape index (κ3) is 2.12. The summed E-state index contributed by atoms with van der Waals surface area (Å²) >= 11 is 0. The molecule has 3 rings (SSSR count). The van der Waals surface area contributed by atoms with Crippen molar-refractivity contribution in [2.24, 2.45) is 17.8 Å². The lowest BCUT2D eigenvalue weighted by Gasteiger charge is -2.21. The van der Waals surface area contributed by atoms with Crippen LogP contribution in [0.2, 0.25) is 0 Å². The van der Waals surface area contributed by atoms with Gasteiger partial charge in [0.25, 0.3) is 0 Å². The van der Waals surface area contributed by atoms with Crippen LogP contribution in [0.4, 0.5) is 0 Å². The molecule has 0 saturated heterocycles. The van der Waals surface area contributed by atoms with Crippen LogP contribution >= 0.6 is 0 Å². The zero-order valence-electron chi connectivity index (χ0n) is 9.68. The number of fused-ring (bicyclic) bond motifs is 2. The molecule has 0 aliphatic heterocycles. The third-order valence-electron chi connectivity index (χ3n) is 4.28. The molecule has 1 N–H and O–H groups in total. The second-order valence-corrected chi connectivity index (χ2v) is 5.31. The van der Waals surface area contributed by atoms with Crippen molar-refractivity contribution in [3.8, 4) is 0 Å². The van der Waals surface area contributed by atoms with E-state index in [9.17, 15) is 0 Å². The number of aromatic nitrogens is 3. The quantitative estimate of drug-likeness (QED) is 0.761. The fraction of sp³-hybridized carbons (Fsp3) is 0.833. The average Bonchev–Trinajstić information content (AvgIpc) is 3.01. The van der Waals surface area contributed by atoms with E-state index in [-0.39, 0.29) is 0 Å². The molecule has 0 aromatic carbocycles. The summed E-state index contributed by atoms with van der Waals surface area (Å²) in [6.45, 7) is 3.15. The highest BCUT2D eigenvalue weighted by Gasteiger charge is 2.38. The Bertz CT molecular complexity index is 322. The van der Waals surface area contributed by atoms with Crippen LogP contribution in [0.3, 0.4) is 0 Å². The first kappa shape index (κ1) is 10.3. The van der Waals surface area contributed by atoms with E-state index in [1.54, 1.807) is 6.20 Å². The lowest BCUT2D eigenvalue weighted by molar-refractivity contribution is 0.316. The van der Waals surface area contributed by atoms with Crippen molar-refractivity contribution in [2.45, 2.75) is 32.2 Å². The van der Waals surface area contributed by atoms with Crippen molar-refractivity contribution in [3.63, 3.8) is 0 Å². The number of nitrogens with zero attached hydrogens (tertiary/aromatic N) is 3. The van der Waals surface area contributed by atoms with E-state index in [2.05, 4.69) is 15.6 Å². The number of hydrogen-bond donors (Lipinski definition) is 1. The van der Waals surface area contributed by atoms with Gasteiger partial charge in [0.05, 0.1) is 12.7 Å². The van der Waals surface area contributed by atoms with Crippen LogP contribution in [0, 0.1) is 17.8 Å². The Kier molecular flexibility index (Phi) is 2.91. The predicted molar refractivity (Wildman–Crippen MR) is 61.8 cm³/mol. The second-order valence-electron chi connectivity index (χ2n) is 5.31. The fourth-order valence-corrected chi connectivity index (χ4v) is 3.46. The van der Waals surface area contributed by atoms with E-state index >= 15 is 0 Å². The van der Waals surface area contributed by atoms with Gasteiger partial charge in [-0.3, -0.25) is 4.68 Å². The lowest BCUT2D eigenvalue weighted by atomic mass is 9.89. The minimum absolute atomic E-state index is 0.931. The van der Waals surface area contributed by atoms with Gasteiger partial charge in [0, 0.05) is 12.7 Å². The number of rotatable bonds is 5. The highest BCUT2D eigenvalue weighted by Crippen LogP contribution is 2.47. The zero-order valence-corrected chi connectivity index (χ0v) is 9.68. The zero-order chi connectivity index (χ0) is 10.8. The topological polar surface area (TPSA) is 42.7 Å². The summed E-state index contributed by atoms with van der Waals surface area (Å²) in [5, 5.41) is 11.3. The molecule has 3 atom stereocenters. The Morgan fingerprint density at radius 1 is 1.31 bits per heavy atom. The predicted octanol–water partition coefficient (Wildman–Crippen LogP) is 1.30. The van der Waals surface area contributed by atoms with Gasteiger partial charge in [0.15, 0.2) is 0 Å². The maximum atomic E-state index is 3.95. The fourth-order valence-electron chi connectivity index (χ4n) is 3.46. The Morgan fingerprint density at radius 2 is 2.31 bits per heavy atom. The first-order valence-corrected chi connectivity index (χ1v) is 6.46. The summed E-state index contributed by atoms with van der Waals surface area (Å²) in [7, 11) is 0. The smallest absolute Gasteiger partial charge is 0.0692 e. The molecule has 2 aliphatic carbocycles. The Morgan fingerprint density at radius 3 is 3.00 bits per heavy atom. The van der Waals surface area contributed by atoms with Gasteiger partial charge >= 0.3 is 0 Å². The van der Waals surface area contributed by atoms with Crippen molar-refractivity contribution >= 4 is 0 Å². The first-order valence-electron chi connectivity index (χ1n) is 6.46. The maximum absolute atomic E-state index is 3.95. The lowest BCUT2D eigenvalue weighted by Crippen LogP contribution is -2.29. The van der Waals surface area contributed by atoms with E-state index in [0.717, 1.165) is 30.8 Å². The molecule has 4 heteroatoms. The largest absolute Gasteiger partial charge is 0.315 e. The van der Waals surface area contributed by atoms with Crippen molar-refractivity contribution in [1.29, 1.82) is 0 Å². The summed E-state index contributed by atoms with van der Waals surface area (Å²) in [5.41, 5.74) is 0. The number of nitrogens with one attached hydrogen (secondary N) is 1. The van der Waals surface area contributed by atoms with E-state index < -0.39 is 0 Å². The summed E-state index contributed by atoms with van der Waals surface area (Å²) in [5.74, 6) is 3.05. The van der Waals surface area contributed by atoms with Crippen LogP contribution < -0.4 is 5.32 Å². The van der Waals surface area contributed by atoms with Crippen LogP contribution in [-0.4, -0.2) is 28.1 Å². The minimum atomic E-state index is 0.931. The highest BCUT2D eigenvalue weighted by molar-refractivity contribution is 4.90. The van der Waals surface area contributed by atoms with Gasteiger partial charge in [-0.2, -0.15) is 0 Å². The van der Waals surface area contributed by atoms with E-state index in [1.807, 2.05) is 10.9 Å². The molecule has 3 unspecified atom stereocenters. The normalized spacial score (nSPS) is 32.4. The molecule has 1 aromatic rings. The van der Waals surface area contributed by atoms with Gasteiger partial charge in [-0.1, -0.05) is 11.6 Å². The van der Waals surface area contributed by atoms with Crippen molar-refractivity contribution in [3.05, 3.63) is 12.4 Å². The van der Waals surface area contributed by atoms with Crippen LogP contribution in [0.25, 0.3) is 0 Å². The van der Waals surface area contributed by atoms with Gasteiger partial charge in [-0.05, 0) is 43.6 Å². The Balaban J connectivity index is 1.35. The van der Waals surface area contributed by atoms with Gasteiger partial charge in [-0.15, -0.1) is 5.10 Å². The Hall–Kier alpha value is -0.900. The molecular weight excluding hydrogens is 200 g/mol. The summed E-state index contributed by atoms with van der Waals surface area (Å²) < 4.78 is 1.88. The molecule has 0 spiro atoms. The van der Waals surface area contributed by atoms with E-state index in [4.69, 9.17) is 0 Å². The molecule has 88 valence electrons. The molecular formula is C12H20N4. The molecule has 0 radical (unpaired) electrons. The van der Waals surface area contributed by atoms with Crippen molar-refractivity contribution < 1.29 is 0 Å². The molecule has 4 nitrogen and oxygen atoms in total. The molecule has 2 aliphatic rings. The third-order valence-corrected chi connectivity index (χ3v) is 4.28. The van der Waals surface area contributed by atoms with Gasteiger partial charge in [0.2, 0.25) is 0 Å². The van der Waals surface area contributed by atoms with Crippen LogP contribution in [-0.2, 0) is 6.54 Å². The SMILES string of the molecule is c1cn(CCNCC2CC3CCC2C3)nn1. The van der Waals surface area contributed by atoms with Crippen LogP contribution in [0.1, 0.15) is 25.7 Å². The second kappa shape index (κ2) is 4.53. The monoisotopic (exact) mass is 220 g/mol. The summed E-state index contributed by atoms with van der Waals surface area (Å²) in [6.07, 6.45) is 9.62. The first-order chi connectivity index (χ1) is 7.92. The molecule has 1 heterocycles. The highest BCUT2D eigenvalue weighted by atomic mass is 15.4. The molecule has 2 bridgehead atoms. The van der Waals surface area contributed by atoms with E-state index in [1.165, 1.54) is 32.2 Å². The average molecular weight is 220 g/mol. The standard InChI is InChI=1S/C12H20N4/c1-2-11-7-10(1)8-12(11)9-13-3-5-16-6-4-14-15-16/h4,6,10-13H,1-3,5,7-9H2. The van der Waals surface area contributed by atoms with Crippen LogP contribution in [0.5, 0.6) is 0 Å². The molecule has 2 saturated carbocycles. The van der Waals surface area contributed by atoms with Crippen LogP contribution in [0.15, 0.2) is 12.4 Å². The summed E-state index contributed by atoms with van der Waals surface area (Å²) in [4.78, 5) is 0. The van der Waals surface area contributed by atoms with Gasteiger partial charge in [-0.25, -0.2) is 0 Å². The van der Waals surface area contributed by atoms with E-state index in [0.29, 0.717) is 0 Å². The molecule has 0 amide bonds. The molecule has 16 heavy (non-hydrogen) atoms. The van der Waals surface area contributed by atoms with Gasteiger partial charge in [0.1, 0.15) is 0 Å². The van der Waals surface area contributed by atoms with Crippen molar-refractivity contribution in [1.82, 2.24) is 20.3 Å². The number of hydrogen-bond acceptors (Lipinski definition) is 3. The van der Waals surface area contributed by atoms with Gasteiger partial charge < -0.3 is 5.32 Å². The molecule has 2 fully saturated rings. The van der Waals surface area contributed by atoms with Crippen molar-refractivity contribution in [2.75, 3.05) is 13.1 Å². The summed E-state index contributed by atoms with van der Waals surface area (Å²) in [6, 6.07) is 0. The Labute approximate surface area is 96.4 Å². The minimum Gasteiger partial charge on any atom is -0.315 e. The molecule has 1 aromatic heterocycles. The maximum Gasteiger partial charge on any atom is 0.0692 e.